The summed E-state index contributed by atoms with van der Waals surface area (Å²) in [4.78, 5) is 4.11. The predicted molar refractivity (Wildman–Crippen MR) is 53.1 cm³/mol. The molecule has 1 aliphatic heterocycles. The van der Waals surface area contributed by atoms with Crippen LogP contribution < -0.4 is 5.73 Å². The van der Waals surface area contributed by atoms with E-state index in [2.05, 4.69) is 10.1 Å². The van der Waals surface area contributed by atoms with Crippen LogP contribution in [0.5, 0.6) is 0 Å². The van der Waals surface area contributed by atoms with Crippen molar-refractivity contribution in [3.05, 3.63) is 35.4 Å². The van der Waals surface area contributed by atoms with Crippen molar-refractivity contribution < 1.29 is 4.39 Å². The maximum atomic E-state index is 13.0. The van der Waals surface area contributed by atoms with Crippen molar-refractivity contribution in [3.63, 3.8) is 0 Å². The molecule has 0 atom stereocenters. The Morgan fingerprint density at radius 2 is 2.20 bits per heavy atom. The van der Waals surface area contributed by atoms with E-state index in [-0.39, 0.29) is 11.8 Å². The SMILES string of the molecule is Nc1nc2n(n1)-c1ccc(F)cc1CC2. The number of halogens is 1. The van der Waals surface area contributed by atoms with E-state index >= 15 is 0 Å². The number of hydrogen-bond acceptors (Lipinski definition) is 3. The molecule has 2 heterocycles. The summed E-state index contributed by atoms with van der Waals surface area (Å²) >= 11 is 0. The van der Waals surface area contributed by atoms with Crippen molar-refractivity contribution in [1.82, 2.24) is 14.8 Å². The Hall–Kier alpha value is -1.91. The summed E-state index contributed by atoms with van der Waals surface area (Å²) < 4.78 is 14.7. The minimum atomic E-state index is -0.217. The van der Waals surface area contributed by atoms with E-state index in [0.29, 0.717) is 0 Å². The molecule has 0 unspecified atom stereocenters. The van der Waals surface area contributed by atoms with Gasteiger partial charge in [0.25, 0.3) is 0 Å². The lowest BCUT2D eigenvalue weighted by atomic mass is 10.0. The van der Waals surface area contributed by atoms with E-state index in [1.807, 2.05) is 0 Å². The topological polar surface area (TPSA) is 56.7 Å². The van der Waals surface area contributed by atoms with Crippen LogP contribution in [0.3, 0.4) is 0 Å². The van der Waals surface area contributed by atoms with E-state index in [9.17, 15) is 4.39 Å². The molecule has 5 heteroatoms. The summed E-state index contributed by atoms with van der Waals surface area (Å²) in [6, 6.07) is 4.67. The molecule has 4 nitrogen and oxygen atoms in total. The van der Waals surface area contributed by atoms with E-state index < -0.39 is 0 Å². The Labute approximate surface area is 85.5 Å². The van der Waals surface area contributed by atoms with E-state index in [0.717, 1.165) is 29.9 Å². The van der Waals surface area contributed by atoms with E-state index in [1.165, 1.54) is 12.1 Å². The average Bonchev–Trinajstić information content (AvgIpc) is 2.58. The van der Waals surface area contributed by atoms with Gasteiger partial charge in [-0.05, 0) is 30.2 Å². The molecular formula is C10H9FN4. The number of aromatic nitrogens is 3. The maximum absolute atomic E-state index is 13.0. The molecule has 1 aromatic carbocycles. The number of nitrogens with two attached hydrogens (primary N) is 1. The number of hydrogen-bond donors (Lipinski definition) is 1. The molecule has 3 rings (SSSR count). The van der Waals surface area contributed by atoms with Crippen LogP contribution >= 0.6 is 0 Å². The molecule has 0 amide bonds. The summed E-state index contributed by atoms with van der Waals surface area (Å²) in [5.74, 6) is 0.888. The third-order valence-electron chi connectivity index (χ3n) is 2.58. The molecule has 0 aliphatic carbocycles. The van der Waals surface area contributed by atoms with Gasteiger partial charge in [0.05, 0.1) is 5.69 Å². The fourth-order valence-electron chi connectivity index (χ4n) is 1.92. The largest absolute Gasteiger partial charge is 0.366 e. The van der Waals surface area contributed by atoms with Crippen molar-refractivity contribution in [2.75, 3.05) is 5.73 Å². The Morgan fingerprint density at radius 3 is 3.07 bits per heavy atom. The van der Waals surface area contributed by atoms with Gasteiger partial charge >= 0.3 is 0 Å². The lowest BCUT2D eigenvalue weighted by Crippen LogP contribution is -2.13. The van der Waals surface area contributed by atoms with Gasteiger partial charge < -0.3 is 5.73 Å². The second-order valence-electron chi connectivity index (χ2n) is 3.57. The minimum Gasteiger partial charge on any atom is -0.366 e. The second kappa shape index (κ2) is 2.79. The molecule has 0 radical (unpaired) electrons. The van der Waals surface area contributed by atoms with Gasteiger partial charge in [-0.25, -0.2) is 9.07 Å². The first kappa shape index (κ1) is 8.40. The summed E-state index contributed by atoms with van der Waals surface area (Å²) in [6.07, 6.45) is 1.53. The van der Waals surface area contributed by atoms with E-state index in [1.54, 1.807) is 10.7 Å². The Balaban J connectivity index is 2.25. The maximum Gasteiger partial charge on any atom is 0.240 e. The number of rotatable bonds is 0. The van der Waals surface area contributed by atoms with Crippen molar-refractivity contribution >= 4 is 5.95 Å². The standard InChI is InChI=1S/C10H9FN4/c11-7-2-3-8-6(5-7)1-4-9-13-10(12)14-15(8)9/h2-3,5H,1,4H2,(H2,12,14). The Morgan fingerprint density at radius 1 is 1.33 bits per heavy atom. The van der Waals surface area contributed by atoms with Gasteiger partial charge in [0, 0.05) is 6.42 Å². The molecular weight excluding hydrogens is 195 g/mol. The normalized spacial score (nSPS) is 13.4. The van der Waals surface area contributed by atoms with Crippen LogP contribution in [0.2, 0.25) is 0 Å². The van der Waals surface area contributed by atoms with Crippen LogP contribution in [0, 0.1) is 5.82 Å². The van der Waals surface area contributed by atoms with Gasteiger partial charge in [-0.15, -0.1) is 5.10 Å². The monoisotopic (exact) mass is 204 g/mol. The minimum absolute atomic E-state index is 0.217. The zero-order chi connectivity index (χ0) is 10.4. The van der Waals surface area contributed by atoms with Crippen molar-refractivity contribution in [2.24, 2.45) is 0 Å². The molecule has 2 N–H and O–H groups in total. The third-order valence-corrected chi connectivity index (χ3v) is 2.58. The summed E-state index contributed by atoms with van der Waals surface area (Å²) in [5, 5.41) is 4.08. The summed E-state index contributed by atoms with van der Waals surface area (Å²) in [7, 11) is 0. The quantitative estimate of drug-likeness (QED) is 0.698. The Bertz CT molecular complexity index is 532. The highest BCUT2D eigenvalue weighted by molar-refractivity contribution is 5.44. The highest BCUT2D eigenvalue weighted by atomic mass is 19.1. The number of fused-ring (bicyclic) bond motifs is 3. The van der Waals surface area contributed by atoms with E-state index in [4.69, 9.17) is 5.73 Å². The van der Waals surface area contributed by atoms with Gasteiger partial charge in [0.2, 0.25) is 5.95 Å². The van der Waals surface area contributed by atoms with Gasteiger partial charge in [0.15, 0.2) is 0 Å². The van der Waals surface area contributed by atoms with Crippen LogP contribution in [0.15, 0.2) is 18.2 Å². The molecule has 0 saturated heterocycles. The van der Waals surface area contributed by atoms with Crippen molar-refractivity contribution in [2.45, 2.75) is 12.8 Å². The third kappa shape index (κ3) is 1.20. The van der Waals surface area contributed by atoms with Crippen LogP contribution in [0.25, 0.3) is 5.69 Å². The van der Waals surface area contributed by atoms with Crippen molar-refractivity contribution in [3.8, 4) is 5.69 Å². The Kier molecular flexibility index (Phi) is 1.56. The molecule has 76 valence electrons. The van der Waals surface area contributed by atoms with Crippen molar-refractivity contribution in [1.29, 1.82) is 0 Å². The van der Waals surface area contributed by atoms with Gasteiger partial charge in [-0.1, -0.05) is 0 Å². The molecule has 0 spiro atoms. The number of anilines is 1. The molecule has 0 bridgehead atoms. The summed E-state index contributed by atoms with van der Waals surface area (Å²) in [6.45, 7) is 0. The lowest BCUT2D eigenvalue weighted by molar-refractivity contribution is 0.619. The van der Waals surface area contributed by atoms with Gasteiger partial charge in [-0.2, -0.15) is 4.98 Å². The highest BCUT2D eigenvalue weighted by Crippen LogP contribution is 2.24. The average molecular weight is 204 g/mol. The number of benzene rings is 1. The smallest absolute Gasteiger partial charge is 0.240 e. The molecule has 15 heavy (non-hydrogen) atoms. The first-order chi connectivity index (χ1) is 7.24. The fourth-order valence-corrected chi connectivity index (χ4v) is 1.92. The van der Waals surface area contributed by atoms with Crippen LogP contribution in [-0.2, 0) is 12.8 Å². The number of nitrogen functional groups attached to an aromatic ring is 1. The molecule has 0 fully saturated rings. The molecule has 0 saturated carbocycles. The van der Waals surface area contributed by atoms with Crippen LogP contribution in [0.1, 0.15) is 11.4 Å². The molecule has 1 aliphatic rings. The zero-order valence-electron chi connectivity index (χ0n) is 7.94. The van der Waals surface area contributed by atoms with Crippen LogP contribution in [0.4, 0.5) is 10.3 Å². The van der Waals surface area contributed by atoms with Gasteiger partial charge in [-0.3, -0.25) is 0 Å². The number of nitrogens with zero attached hydrogens (tertiary/aromatic N) is 3. The first-order valence-electron chi connectivity index (χ1n) is 4.74. The number of aryl methyl sites for hydroxylation is 2. The fraction of sp³-hybridized carbons (Fsp3) is 0.200. The van der Waals surface area contributed by atoms with Crippen LogP contribution in [-0.4, -0.2) is 14.8 Å². The molecule has 2 aromatic rings. The zero-order valence-corrected chi connectivity index (χ0v) is 7.94. The summed E-state index contributed by atoms with van der Waals surface area (Å²) in [5.41, 5.74) is 7.36. The lowest BCUT2D eigenvalue weighted by Gasteiger charge is -2.16. The predicted octanol–water partition coefficient (Wildman–Crippen LogP) is 1.09. The second-order valence-corrected chi connectivity index (χ2v) is 3.57. The first-order valence-corrected chi connectivity index (χ1v) is 4.74. The molecule has 1 aromatic heterocycles. The highest BCUT2D eigenvalue weighted by Gasteiger charge is 2.18. The van der Waals surface area contributed by atoms with Gasteiger partial charge in [0.1, 0.15) is 11.6 Å².